The van der Waals surface area contributed by atoms with Crippen molar-refractivity contribution in [3.05, 3.63) is 81.9 Å². The molecule has 0 aliphatic heterocycles. The second-order valence-corrected chi connectivity index (χ2v) is 5.46. The largest absolute Gasteiger partial charge is 0.345 e. The molecule has 23 heavy (non-hydrogen) atoms. The van der Waals surface area contributed by atoms with E-state index in [0.29, 0.717) is 5.65 Å². The summed E-state index contributed by atoms with van der Waals surface area (Å²) in [5.41, 5.74) is 2.29. The number of carbonyl (C=O) groups excluding carboxylic acids is 1. The van der Waals surface area contributed by atoms with Crippen LogP contribution < -0.4 is 10.9 Å². The van der Waals surface area contributed by atoms with Gasteiger partial charge in [-0.1, -0.05) is 30.3 Å². The van der Waals surface area contributed by atoms with Gasteiger partial charge in [-0.15, -0.1) is 0 Å². The van der Waals surface area contributed by atoms with Crippen LogP contribution in [-0.2, 0) is 0 Å². The van der Waals surface area contributed by atoms with E-state index >= 15 is 0 Å². The summed E-state index contributed by atoms with van der Waals surface area (Å²) in [5, 5.41) is 2.87. The number of aryl methyl sites for hydroxylation is 1. The van der Waals surface area contributed by atoms with Crippen molar-refractivity contribution in [1.29, 1.82) is 0 Å². The molecule has 5 nitrogen and oxygen atoms in total. The molecule has 0 saturated carbocycles. The van der Waals surface area contributed by atoms with Crippen molar-refractivity contribution in [2.75, 3.05) is 0 Å². The Hall–Kier alpha value is -2.95. The maximum Gasteiger partial charge on any atom is 0.270 e. The SMILES string of the molecule is Cc1ccccc1C(C)NC(=O)c1cnc2ccccn2c1=O. The number of fused-ring (bicyclic) bond motifs is 1. The smallest absolute Gasteiger partial charge is 0.270 e. The summed E-state index contributed by atoms with van der Waals surface area (Å²) in [7, 11) is 0. The van der Waals surface area contributed by atoms with E-state index in [1.165, 1.54) is 10.6 Å². The van der Waals surface area contributed by atoms with E-state index < -0.39 is 5.91 Å². The number of rotatable bonds is 3. The second-order valence-electron chi connectivity index (χ2n) is 5.46. The molecular weight excluding hydrogens is 290 g/mol. The normalized spacial score (nSPS) is 12.1. The predicted molar refractivity (Wildman–Crippen MR) is 88.5 cm³/mol. The van der Waals surface area contributed by atoms with E-state index in [4.69, 9.17) is 0 Å². The average molecular weight is 307 g/mol. The molecule has 1 aromatic carbocycles. The van der Waals surface area contributed by atoms with Crippen LogP contribution >= 0.6 is 0 Å². The molecule has 0 bridgehead atoms. The minimum Gasteiger partial charge on any atom is -0.345 e. The van der Waals surface area contributed by atoms with Gasteiger partial charge in [0.05, 0.1) is 6.04 Å². The highest BCUT2D eigenvalue weighted by molar-refractivity contribution is 5.94. The summed E-state index contributed by atoms with van der Waals surface area (Å²) in [6.07, 6.45) is 2.93. The molecule has 116 valence electrons. The van der Waals surface area contributed by atoms with Crippen LogP contribution in [0.3, 0.4) is 0 Å². The van der Waals surface area contributed by atoms with Crippen LogP contribution in [0.25, 0.3) is 5.65 Å². The lowest BCUT2D eigenvalue weighted by Crippen LogP contribution is -2.33. The molecule has 1 amide bonds. The number of aromatic nitrogens is 2. The highest BCUT2D eigenvalue weighted by Gasteiger charge is 2.17. The van der Waals surface area contributed by atoms with E-state index in [-0.39, 0.29) is 17.2 Å². The van der Waals surface area contributed by atoms with Crippen LogP contribution in [0, 0.1) is 6.92 Å². The van der Waals surface area contributed by atoms with E-state index in [2.05, 4.69) is 10.3 Å². The van der Waals surface area contributed by atoms with E-state index in [9.17, 15) is 9.59 Å². The molecule has 0 saturated heterocycles. The zero-order valence-corrected chi connectivity index (χ0v) is 13.0. The van der Waals surface area contributed by atoms with Gasteiger partial charge in [0.2, 0.25) is 0 Å². The van der Waals surface area contributed by atoms with Crippen molar-refractivity contribution in [2.24, 2.45) is 0 Å². The third-order valence-corrected chi connectivity index (χ3v) is 3.86. The molecule has 3 aromatic rings. The Labute approximate surface area is 133 Å². The number of nitrogens with one attached hydrogen (secondary N) is 1. The first-order chi connectivity index (χ1) is 11.1. The number of carbonyl (C=O) groups is 1. The van der Waals surface area contributed by atoms with Crippen molar-refractivity contribution in [3.8, 4) is 0 Å². The highest BCUT2D eigenvalue weighted by atomic mass is 16.2. The lowest BCUT2D eigenvalue weighted by atomic mass is 10.0. The van der Waals surface area contributed by atoms with Crippen molar-refractivity contribution < 1.29 is 4.79 Å². The first-order valence-corrected chi connectivity index (χ1v) is 7.40. The van der Waals surface area contributed by atoms with Gasteiger partial charge in [0.15, 0.2) is 0 Å². The van der Waals surface area contributed by atoms with Gasteiger partial charge in [-0.05, 0) is 37.1 Å². The number of nitrogens with zero attached hydrogens (tertiary/aromatic N) is 2. The Bertz CT molecular complexity index is 931. The van der Waals surface area contributed by atoms with Crippen LogP contribution in [-0.4, -0.2) is 15.3 Å². The fraction of sp³-hybridized carbons (Fsp3) is 0.167. The van der Waals surface area contributed by atoms with Gasteiger partial charge in [-0.2, -0.15) is 0 Å². The maximum atomic E-state index is 12.4. The van der Waals surface area contributed by atoms with Crippen LogP contribution in [0.4, 0.5) is 0 Å². The van der Waals surface area contributed by atoms with Crippen LogP contribution in [0.1, 0.15) is 34.5 Å². The molecule has 1 N–H and O–H groups in total. The topological polar surface area (TPSA) is 63.5 Å². The summed E-state index contributed by atoms with van der Waals surface area (Å²) in [6.45, 7) is 3.89. The Morgan fingerprint density at radius 2 is 1.91 bits per heavy atom. The van der Waals surface area contributed by atoms with Gasteiger partial charge in [0.25, 0.3) is 11.5 Å². The minimum absolute atomic E-state index is 0.0362. The average Bonchev–Trinajstić information content (AvgIpc) is 2.55. The van der Waals surface area contributed by atoms with Gasteiger partial charge >= 0.3 is 0 Å². The molecular formula is C18H17N3O2. The third-order valence-electron chi connectivity index (χ3n) is 3.86. The van der Waals surface area contributed by atoms with Gasteiger partial charge in [-0.25, -0.2) is 4.98 Å². The number of benzene rings is 1. The summed E-state index contributed by atoms with van der Waals surface area (Å²) in [6, 6.07) is 12.9. The Morgan fingerprint density at radius 3 is 2.70 bits per heavy atom. The fourth-order valence-corrected chi connectivity index (χ4v) is 2.61. The van der Waals surface area contributed by atoms with E-state index in [0.717, 1.165) is 11.1 Å². The molecule has 0 fully saturated rings. The molecule has 1 atom stereocenters. The molecule has 0 aliphatic rings. The summed E-state index contributed by atoms with van der Waals surface area (Å²) >= 11 is 0. The van der Waals surface area contributed by atoms with Crippen molar-refractivity contribution in [1.82, 2.24) is 14.7 Å². The molecule has 1 unspecified atom stereocenters. The molecule has 0 aliphatic carbocycles. The predicted octanol–water partition coefficient (Wildman–Crippen LogP) is 2.49. The van der Waals surface area contributed by atoms with Gasteiger partial charge in [-0.3, -0.25) is 14.0 Å². The van der Waals surface area contributed by atoms with Crippen LogP contribution in [0.2, 0.25) is 0 Å². The Balaban J connectivity index is 1.91. The lowest BCUT2D eigenvalue weighted by molar-refractivity contribution is 0.0937. The van der Waals surface area contributed by atoms with Crippen molar-refractivity contribution in [3.63, 3.8) is 0 Å². The van der Waals surface area contributed by atoms with Crippen LogP contribution in [0.5, 0.6) is 0 Å². The quantitative estimate of drug-likeness (QED) is 0.808. The minimum atomic E-state index is -0.420. The van der Waals surface area contributed by atoms with Gasteiger partial charge in [0.1, 0.15) is 11.2 Å². The Morgan fingerprint density at radius 1 is 1.17 bits per heavy atom. The molecule has 2 heterocycles. The number of hydrogen-bond donors (Lipinski definition) is 1. The molecule has 2 aromatic heterocycles. The second kappa shape index (κ2) is 6.04. The maximum absolute atomic E-state index is 12.4. The lowest BCUT2D eigenvalue weighted by Gasteiger charge is -2.16. The number of pyridine rings is 1. The van der Waals surface area contributed by atoms with E-state index in [1.54, 1.807) is 24.4 Å². The monoisotopic (exact) mass is 307 g/mol. The first kappa shape index (κ1) is 15.0. The molecule has 0 spiro atoms. The molecule has 3 rings (SSSR count). The standard InChI is InChI=1S/C18H17N3O2/c1-12-7-3-4-8-14(12)13(2)20-17(22)15-11-19-16-9-5-6-10-21(16)18(15)23/h3-11,13H,1-2H3,(H,20,22). The fourth-order valence-electron chi connectivity index (χ4n) is 2.61. The third kappa shape index (κ3) is 2.85. The first-order valence-electron chi connectivity index (χ1n) is 7.40. The van der Waals surface area contributed by atoms with E-state index in [1.807, 2.05) is 38.1 Å². The molecule has 0 radical (unpaired) electrons. The summed E-state index contributed by atoms with van der Waals surface area (Å²) < 4.78 is 1.37. The van der Waals surface area contributed by atoms with Crippen molar-refractivity contribution >= 4 is 11.6 Å². The summed E-state index contributed by atoms with van der Waals surface area (Å²) in [4.78, 5) is 29.0. The zero-order valence-electron chi connectivity index (χ0n) is 13.0. The highest BCUT2D eigenvalue weighted by Crippen LogP contribution is 2.16. The van der Waals surface area contributed by atoms with Crippen molar-refractivity contribution in [2.45, 2.75) is 19.9 Å². The number of amides is 1. The van der Waals surface area contributed by atoms with Gasteiger partial charge in [0, 0.05) is 12.4 Å². The van der Waals surface area contributed by atoms with Crippen LogP contribution in [0.15, 0.2) is 59.7 Å². The zero-order chi connectivity index (χ0) is 16.4. The summed E-state index contributed by atoms with van der Waals surface area (Å²) in [5.74, 6) is -0.420. The Kier molecular flexibility index (Phi) is 3.93. The molecule has 5 heteroatoms. The van der Waals surface area contributed by atoms with Gasteiger partial charge < -0.3 is 5.32 Å². The number of hydrogen-bond acceptors (Lipinski definition) is 3.